The number of hydrogen-bond donors (Lipinski definition) is 1. The molecule has 5 nitrogen and oxygen atoms in total. The van der Waals surface area contributed by atoms with Crippen LogP contribution in [-0.4, -0.2) is 33.5 Å². The smallest absolute Gasteiger partial charge is 0.138 e. The van der Waals surface area contributed by atoms with Gasteiger partial charge in [-0.15, -0.1) is 0 Å². The highest BCUT2D eigenvalue weighted by Crippen LogP contribution is 2.21. The molecule has 2 unspecified atom stereocenters. The fraction of sp³-hybridized carbons (Fsp3) is 0.467. The highest BCUT2D eigenvalue weighted by molar-refractivity contribution is 5.49. The van der Waals surface area contributed by atoms with E-state index in [0.29, 0.717) is 12.1 Å². The molecule has 2 atom stereocenters. The molecule has 0 amide bonds. The second-order valence-electron chi connectivity index (χ2n) is 5.15. The van der Waals surface area contributed by atoms with E-state index in [1.165, 1.54) is 0 Å². The minimum atomic E-state index is 0.399. The van der Waals surface area contributed by atoms with Crippen LogP contribution in [0.3, 0.4) is 0 Å². The van der Waals surface area contributed by atoms with E-state index in [1.54, 1.807) is 17.3 Å². The largest absolute Gasteiger partial charge is 0.382 e. The van der Waals surface area contributed by atoms with E-state index in [9.17, 15) is 0 Å². The van der Waals surface area contributed by atoms with Crippen molar-refractivity contribution < 1.29 is 4.74 Å². The van der Waals surface area contributed by atoms with Gasteiger partial charge in [0, 0.05) is 18.3 Å². The molecular weight excluding hydrogens is 252 g/mol. The molecule has 1 fully saturated rings. The summed E-state index contributed by atoms with van der Waals surface area (Å²) in [4.78, 5) is 3.95. The van der Waals surface area contributed by atoms with Crippen molar-refractivity contribution in [1.82, 2.24) is 14.8 Å². The highest BCUT2D eigenvalue weighted by atomic mass is 16.5. The third-order valence-corrected chi connectivity index (χ3v) is 3.74. The average Bonchev–Trinajstić information content (AvgIpc) is 3.02. The fourth-order valence-electron chi connectivity index (χ4n) is 2.58. The summed E-state index contributed by atoms with van der Waals surface area (Å²) in [6, 6.07) is 8.79. The van der Waals surface area contributed by atoms with Crippen molar-refractivity contribution in [3.63, 3.8) is 0 Å². The maximum Gasteiger partial charge on any atom is 0.138 e. The summed E-state index contributed by atoms with van der Waals surface area (Å²) >= 11 is 0. The van der Waals surface area contributed by atoms with Crippen LogP contribution < -0.4 is 5.32 Å². The zero-order chi connectivity index (χ0) is 13.8. The Morgan fingerprint density at radius 3 is 2.90 bits per heavy atom. The van der Waals surface area contributed by atoms with Crippen LogP contribution in [0.2, 0.25) is 0 Å². The van der Waals surface area contributed by atoms with Gasteiger partial charge in [0.2, 0.25) is 0 Å². The molecule has 2 heterocycles. The lowest BCUT2D eigenvalue weighted by Crippen LogP contribution is -2.33. The lowest BCUT2D eigenvalue weighted by molar-refractivity contribution is 0.00926. The third-order valence-electron chi connectivity index (χ3n) is 3.74. The first-order chi connectivity index (χ1) is 9.85. The molecule has 0 saturated carbocycles. The second kappa shape index (κ2) is 6.05. The number of nitrogens with zero attached hydrogens (tertiary/aromatic N) is 3. The maximum atomic E-state index is 5.70. The van der Waals surface area contributed by atoms with Gasteiger partial charge >= 0.3 is 0 Å². The molecule has 0 spiro atoms. The number of benzene rings is 1. The summed E-state index contributed by atoms with van der Waals surface area (Å²) < 4.78 is 7.46. The zero-order valence-corrected chi connectivity index (χ0v) is 11.7. The quantitative estimate of drug-likeness (QED) is 0.929. The lowest BCUT2D eigenvalue weighted by atomic mass is 10.0. The van der Waals surface area contributed by atoms with Crippen molar-refractivity contribution in [3.8, 4) is 5.69 Å². The molecule has 1 aromatic carbocycles. The number of aromatic nitrogens is 3. The standard InChI is InChI=1S/C15H20N4O/c1-2-15-9-13(7-8-20-15)18-12-3-5-14(6-4-12)19-11-16-10-17-19/h3-6,10-11,13,15,18H,2,7-9H2,1H3. The van der Waals surface area contributed by atoms with E-state index in [4.69, 9.17) is 4.74 Å². The van der Waals surface area contributed by atoms with Crippen molar-refractivity contribution in [2.75, 3.05) is 11.9 Å². The van der Waals surface area contributed by atoms with Gasteiger partial charge in [-0.25, -0.2) is 9.67 Å². The molecule has 5 heteroatoms. The van der Waals surface area contributed by atoms with E-state index in [2.05, 4.69) is 34.5 Å². The molecule has 2 aromatic rings. The normalized spacial score (nSPS) is 22.6. The van der Waals surface area contributed by atoms with Crippen LogP contribution in [0.25, 0.3) is 5.69 Å². The lowest BCUT2D eigenvalue weighted by Gasteiger charge is -2.30. The van der Waals surface area contributed by atoms with Crippen molar-refractivity contribution in [2.45, 2.75) is 38.3 Å². The van der Waals surface area contributed by atoms with E-state index < -0.39 is 0 Å². The first kappa shape index (κ1) is 13.1. The summed E-state index contributed by atoms with van der Waals surface area (Å²) in [5, 5.41) is 7.71. The molecule has 1 aromatic heterocycles. The molecule has 1 N–H and O–H groups in total. The Morgan fingerprint density at radius 2 is 2.20 bits per heavy atom. The van der Waals surface area contributed by atoms with Gasteiger partial charge in [0.1, 0.15) is 12.7 Å². The topological polar surface area (TPSA) is 52.0 Å². The fourth-order valence-corrected chi connectivity index (χ4v) is 2.58. The van der Waals surface area contributed by atoms with Gasteiger partial charge in [-0.2, -0.15) is 5.10 Å². The van der Waals surface area contributed by atoms with Gasteiger partial charge in [0.25, 0.3) is 0 Å². The van der Waals surface area contributed by atoms with Crippen LogP contribution in [-0.2, 0) is 4.74 Å². The number of hydrogen-bond acceptors (Lipinski definition) is 4. The Balaban J connectivity index is 1.63. The minimum absolute atomic E-state index is 0.399. The molecule has 1 aliphatic heterocycles. The Morgan fingerprint density at radius 1 is 1.35 bits per heavy atom. The number of nitrogens with one attached hydrogen (secondary N) is 1. The number of anilines is 1. The third kappa shape index (κ3) is 2.99. The van der Waals surface area contributed by atoms with Gasteiger partial charge < -0.3 is 10.1 Å². The summed E-state index contributed by atoms with van der Waals surface area (Å²) in [6.45, 7) is 3.03. The Kier molecular flexibility index (Phi) is 3.97. The Bertz CT molecular complexity index is 523. The van der Waals surface area contributed by atoms with E-state index in [1.807, 2.05) is 12.1 Å². The van der Waals surface area contributed by atoms with E-state index >= 15 is 0 Å². The van der Waals surface area contributed by atoms with Gasteiger partial charge in [-0.3, -0.25) is 0 Å². The van der Waals surface area contributed by atoms with Crippen LogP contribution in [0.1, 0.15) is 26.2 Å². The monoisotopic (exact) mass is 272 g/mol. The summed E-state index contributed by atoms with van der Waals surface area (Å²) in [5.74, 6) is 0. The van der Waals surface area contributed by atoms with E-state index in [0.717, 1.165) is 37.2 Å². The van der Waals surface area contributed by atoms with Crippen molar-refractivity contribution in [2.24, 2.45) is 0 Å². The molecule has 106 valence electrons. The zero-order valence-electron chi connectivity index (χ0n) is 11.7. The second-order valence-corrected chi connectivity index (χ2v) is 5.15. The predicted molar refractivity (Wildman–Crippen MR) is 78.0 cm³/mol. The maximum absolute atomic E-state index is 5.70. The first-order valence-corrected chi connectivity index (χ1v) is 7.18. The van der Waals surface area contributed by atoms with Crippen LogP contribution in [0, 0.1) is 0 Å². The van der Waals surface area contributed by atoms with Gasteiger partial charge in [0.05, 0.1) is 11.8 Å². The molecule has 20 heavy (non-hydrogen) atoms. The van der Waals surface area contributed by atoms with Gasteiger partial charge in [0.15, 0.2) is 0 Å². The molecule has 1 aliphatic rings. The number of rotatable bonds is 4. The summed E-state index contributed by atoms with van der Waals surface area (Å²) in [5.41, 5.74) is 2.17. The van der Waals surface area contributed by atoms with E-state index in [-0.39, 0.29) is 0 Å². The SMILES string of the molecule is CCC1CC(Nc2ccc(-n3cncn3)cc2)CCO1. The molecule has 0 radical (unpaired) electrons. The first-order valence-electron chi connectivity index (χ1n) is 7.18. The summed E-state index contributed by atoms with van der Waals surface area (Å²) in [6.07, 6.45) is 6.88. The highest BCUT2D eigenvalue weighted by Gasteiger charge is 2.20. The van der Waals surface area contributed by atoms with Crippen LogP contribution in [0.5, 0.6) is 0 Å². The molecular formula is C15H20N4O. The van der Waals surface area contributed by atoms with Gasteiger partial charge in [-0.05, 0) is 43.5 Å². The minimum Gasteiger partial charge on any atom is -0.382 e. The number of ether oxygens (including phenoxy) is 1. The molecule has 3 rings (SSSR count). The van der Waals surface area contributed by atoms with Crippen molar-refractivity contribution >= 4 is 5.69 Å². The molecule has 0 aliphatic carbocycles. The van der Waals surface area contributed by atoms with Crippen LogP contribution in [0.4, 0.5) is 5.69 Å². The van der Waals surface area contributed by atoms with Crippen LogP contribution in [0.15, 0.2) is 36.9 Å². The van der Waals surface area contributed by atoms with Crippen LogP contribution >= 0.6 is 0 Å². The predicted octanol–water partition coefficient (Wildman–Crippen LogP) is 2.64. The Labute approximate surface area is 119 Å². The van der Waals surface area contributed by atoms with Crippen molar-refractivity contribution in [1.29, 1.82) is 0 Å². The van der Waals surface area contributed by atoms with Crippen molar-refractivity contribution in [3.05, 3.63) is 36.9 Å². The Hall–Kier alpha value is -1.88. The summed E-state index contributed by atoms with van der Waals surface area (Å²) in [7, 11) is 0. The molecule has 1 saturated heterocycles. The molecule has 0 bridgehead atoms. The van der Waals surface area contributed by atoms with Gasteiger partial charge in [-0.1, -0.05) is 6.92 Å². The average molecular weight is 272 g/mol.